The van der Waals surface area contributed by atoms with Crippen molar-refractivity contribution in [3.05, 3.63) is 42.5 Å². The summed E-state index contributed by atoms with van der Waals surface area (Å²) in [7, 11) is -2.57. The molecule has 3 rings (SSSR count). The second-order valence-electron chi connectivity index (χ2n) is 7.40. The lowest BCUT2D eigenvalue weighted by Crippen LogP contribution is -2.44. The van der Waals surface area contributed by atoms with Crippen LogP contribution in [0.3, 0.4) is 0 Å². The largest absolute Gasteiger partial charge is 0.495 e. The number of hydrogen-bond donors (Lipinski definition) is 4. The number of ether oxygens (including phenoxy) is 1. The minimum Gasteiger partial charge on any atom is -0.495 e. The third kappa shape index (κ3) is 5.41. The lowest BCUT2D eigenvalue weighted by atomic mass is 10.2. The average Bonchev–Trinajstić information content (AvgIpc) is 3.28. The Balaban J connectivity index is 1.96. The summed E-state index contributed by atoms with van der Waals surface area (Å²) in [5, 5.41) is 4.90. The normalized spacial score (nSPS) is 14.5. The molecule has 1 aliphatic rings. The monoisotopic (exact) mass is 461 g/mol. The second-order valence-corrected chi connectivity index (χ2v) is 9.05. The number of carbonyl (C=O) groups is 2. The van der Waals surface area contributed by atoms with Crippen LogP contribution in [-0.4, -0.2) is 46.6 Å². The van der Waals surface area contributed by atoms with E-state index in [1.807, 2.05) is 4.90 Å². The van der Waals surface area contributed by atoms with E-state index in [-0.39, 0.29) is 10.6 Å². The van der Waals surface area contributed by atoms with Crippen molar-refractivity contribution in [3.8, 4) is 5.75 Å². The fraction of sp³-hybridized carbons (Fsp3) is 0.333. The average molecular weight is 462 g/mol. The first-order chi connectivity index (χ1) is 15.2. The zero-order valence-electron chi connectivity index (χ0n) is 17.9. The summed E-state index contributed by atoms with van der Waals surface area (Å²) >= 11 is 0. The number of amides is 3. The van der Waals surface area contributed by atoms with E-state index in [4.69, 9.17) is 10.5 Å². The number of methoxy groups -OCH3 is 1. The third-order valence-corrected chi connectivity index (χ3v) is 6.46. The molecule has 3 amide bonds. The Morgan fingerprint density at radius 1 is 1.12 bits per heavy atom. The van der Waals surface area contributed by atoms with E-state index in [0.29, 0.717) is 17.1 Å². The molecule has 11 heteroatoms. The van der Waals surface area contributed by atoms with Crippen molar-refractivity contribution in [2.45, 2.75) is 30.7 Å². The molecule has 0 radical (unpaired) electrons. The van der Waals surface area contributed by atoms with Crippen LogP contribution in [0.2, 0.25) is 0 Å². The maximum absolute atomic E-state index is 13.4. The molecule has 2 aromatic carbocycles. The second kappa shape index (κ2) is 9.77. The number of nitrogens with two attached hydrogens (primary N) is 1. The topological polar surface area (TPSA) is 143 Å². The van der Waals surface area contributed by atoms with E-state index in [1.54, 1.807) is 36.4 Å². The van der Waals surface area contributed by atoms with Crippen LogP contribution in [0, 0.1) is 0 Å². The Morgan fingerprint density at radius 3 is 2.47 bits per heavy atom. The third-order valence-electron chi connectivity index (χ3n) is 5.07. The van der Waals surface area contributed by atoms with Crippen molar-refractivity contribution in [3.63, 3.8) is 0 Å². The molecule has 0 saturated carbocycles. The summed E-state index contributed by atoms with van der Waals surface area (Å²) in [6.45, 7) is 2.95. The highest BCUT2D eigenvalue weighted by molar-refractivity contribution is 7.93. The van der Waals surface area contributed by atoms with Gasteiger partial charge in [0.1, 0.15) is 16.7 Å². The van der Waals surface area contributed by atoms with Crippen LogP contribution in [0.15, 0.2) is 47.4 Å². The van der Waals surface area contributed by atoms with E-state index in [1.165, 1.54) is 20.1 Å². The number of para-hydroxylation sites is 2. The minimum atomic E-state index is -4.02. The Hall–Kier alpha value is -3.47. The molecule has 172 valence electrons. The highest BCUT2D eigenvalue weighted by Crippen LogP contribution is 2.34. The summed E-state index contributed by atoms with van der Waals surface area (Å²) in [5.41, 5.74) is 6.18. The molecule has 1 aliphatic heterocycles. The molecule has 32 heavy (non-hydrogen) atoms. The number of nitrogens with one attached hydrogen (secondary N) is 3. The number of carbonyl (C=O) groups excluding carboxylic acids is 2. The van der Waals surface area contributed by atoms with Gasteiger partial charge >= 0.3 is 6.03 Å². The van der Waals surface area contributed by atoms with Crippen molar-refractivity contribution in [2.75, 3.05) is 35.1 Å². The van der Waals surface area contributed by atoms with Crippen molar-refractivity contribution >= 4 is 39.0 Å². The van der Waals surface area contributed by atoms with Crippen LogP contribution in [0.5, 0.6) is 5.75 Å². The standard InChI is InChI=1S/C21H27N5O5S/c1-14(23-21(22)28)20(27)24-15-9-10-17(26-11-5-6-12-26)19(13-15)32(29,30)25-16-7-3-4-8-18(16)31-2/h3-4,7-10,13-14,25H,5-6,11-12H2,1-2H3,(H,24,27)(H3,22,23,28)/t14-/m1/s1. The Bertz CT molecular complexity index is 1100. The molecule has 0 unspecified atom stereocenters. The van der Waals surface area contributed by atoms with Crippen LogP contribution in [0.1, 0.15) is 19.8 Å². The fourth-order valence-corrected chi connectivity index (χ4v) is 4.81. The van der Waals surface area contributed by atoms with Crippen LogP contribution in [-0.2, 0) is 14.8 Å². The summed E-state index contributed by atoms with van der Waals surface area (Å²) in [4.78, 5) is 25.4. The van der Waals surface area contributed by atoms with Gasteiger partial charge in [0.2, 0.25) is 5.91 Å². The Kier molecular flexibility index (Phi) is 7.08. The highest BCUT2D eigenvalue weighted by Gasteiger charge is 2.26. The van der Waals surface area contributed by atoms with Crippen LogP contribution >= 0.6 is 0 Å². The predicted molar refractivity (Wildman–Crippen MR) is 123 cm³/mol. The van der Waals surface area contributed by atoms with Gasteiger partial charge in [-0.3, -0.25) is 9.52 Å². The molecule has 0 aromatic heterocycles. The van der Waals surface area contributed by atoms with E-state index < -0.39 is 28.0 Å². The smallest absolute Gasteiger partial charge is 0.312 e. The minimum absolute atomic E-state index is 0.0265. The maximum Gasteiger partial charge on any atom is 0.312 e. The molecule has 0 aliphatic carbocycles. The lowest BCUT2D eigenvalue weighted by Gasteiger charge is -2.23. The molecule has 0 bridgehead atoms. The quantitative estimate of drug-likeness (QED) is 0.474. The summed E-state index contributed by atoms with van der Waals surface area (Å²) in [5.74, 6) is -0.145. The molecule has 1 fully saturated rings. The highest BCUT2D eigenvalue weighted by atomic mass is 32.2. The Morgan fingerprint density at radius 2 is 1.81 bits per heavy atom. The van der Waals surface area contributed by atoms with Gasteiger partial charge in [0.05, 0.1) is 18.5 Å². The van der Waals surface area contributed by atoms with E-state index >= 15 is 0 Å². The van der Waals surface area contributed by atoms with Gasteiger partial charge in [-0.15, -0.1) is 0 Å². The zero-order valence-corrected chi connectivity index (χ0v) is 18.7. The van der Waals surface area contributed by atoms with Gasteiger partial charge in [-0.1, -0.05) is 12.1 Å². The van der Waals surface area contributed by atoms with Crippen molar-refractivity contribution < 1.29 is 22.7 Å². The number of benzene rings is 2. The van der Waals surface area contributed by atoms with Gasteiger partial charge in [-0.2, -0.15) is 0 Å². The summed E-state index contributed by atoms with van der Waals surface area (Å²) in [6, 6.07) is 9.68. The number of nitrogens with zero attached hydrogens (tertiary/aromatic N) is 1. The molecular weight excluding hydrogens is 434 g/mol. The lowest BCUT2D eigenvalue weighted by molar-refractivity contribution is -0.117. The van der Waals surface area contributed by atoms with Crippen molar-refractivity contribution in [2.24, 2.45) is 5.73 Å². The SMILES string of the molecule is COc1ccccc1NS(=O)(=O)c1cc(NC(=O)[C@@H](C)NC(N)=O)ccc1N1CCCC1. The first-order valence-corrected chi connectivity index (χ1v) is 11.6. The first kappa shape index (κ1) is 23.2. The molecule has 1 heterocycles. The van der Waals surface area contributed by atoms with Gasteiger partial charge in [0.15, 0.2) is 0 Å². The van der Waals surface area contributed by atoms with Gasteiger partial charge in [0, 0.05) is 18.8 Å². The van der Waals surface area contributed by atoms with E-state index in [2.05, 4.69) is 15.4 Å². The molecule has 2 aromatic rings. The number of hydrogen-bond acceptors (Lipinski definition) is 6. The van der Waals surface area contributed by atoms with Crippen LogP contribution in [0.4, 0.5) is 21.9 Å². The van der Waals surface area contributed by atoms with Gasteiger partial charge in [0.25, 0.3) is 10.0 Å². The van der Waals surface area contributed by atoms with Crippen LogP contribution in [0.25, 0.3) is 0 Å². The fourth-order valence-electron chi connectivity index (χ4n) is 3.48. The van der Waals surface area contributed by atoms with Gasteiger partial charge in [-0.25, -0.2) is 13.2 Å². The molecule has 5 N–H and O–H groups in total. The molecule has 10 nitrogen and oxygen atoms in total. The van der Waals surface area contributed by atoms with Gasteiger partial charge < -0.3 is 26.0 Å². The number of urea groups is 1. The zero-order chi connectivity index (χ0) is 23.3. The van der Waals surface area contributed by atoms with Crippen molar-refractivity contribution in [1.29, 1.82) is 0 Å². The van der Waals surface area contributed by atoms with Crippen LogP contribution < -0.4 is 30.7 Å². The molecule has 0 spiro atoms. The first-order valence-electron chi connectivity index (χ1n) is 10.1. The number of sulfonamides is 1. The summed E-state index contributed by atoms with van der Waals surface area (Å²) in [6.07, 6.45) is 1.93. The molecule has 1 atom stereocenters. The number of primary amides is 1. The maximum atomic E-state index is 13.4. The molecule has 1 saturated heterocycles. The molecular formula is C21H27N5O5S. The number of anilines is 3. The predicted octanol–water partition coefficient (Wildman–Crippen LogP) is 2.09. The van der Waals surface area contributed by atoms with E-state index in [9.17, 15) is 18.0 Å². The number of rotatable bonds is 8. The van der Waals surface area contributed by atoms with Crippen molar-refractivity contribution in [1.82, 2.24) is 5.32 Å². The Labute approximate surface area is 187 Å². The van der Waals surface area contributed by atoms with Gasteiger partial charge in [-0.05, 0) is 50.1 Å². The summed E-state index contributed by atoms with van der Waals surface area (Å²) < 4.78 is 34.6. The van der Waals surface area contributed by atoms with E-state index in [0.717, 1.165) is 25.9 Å².